The fourth-order valence-corrected chi connectivity index (χ4v) is 3.91. The number of hydroxylamine groups is 1. The van der Waals surface area contributed by atoms with Crippen molar-refractivity contribution in [3.05, 3.63) is 54.9 Å². The Balaban J connectivity index is 1.88. The van der Waals surface area contributed by atoms with Crippen LogP contribution in [0.4, 0.5) is 62.5 Å². The Morgan fingerprint density at radius 2 is 1.49 bits per heavy atom. The second-order valence-corrected chi connectivity index (χ2v) is 9.90. The molecule has 0 bridgehead atoms. The average molecular weight is 649 g/mol. The van der Waals surface area contributed by atoms with Gasteiger partial charge in [-0.15, -0.1) is 13.2 Å². The smallest absolute Gasteiger partial charge is 0.482 e. The largest absolute Gasteiger partial charge is 0.573 e. The van der Waals surface area contributed by atoms with Crippen LogP contribution >= 0.6 is 0 Å². The number of hydrogen-bond donors (Lipinski definition) is 2. The average Bonchev–Trinajstić information content (AvgIpc) is 2.87. The standard InChI is InChI=1S/C22H16F9N5O6S/c1-36(42-19(37)21(26,27)28)43(38,39)14-6-7-16(40-10-20(23,24)25)15(8-14)35-18-9-17(32-11-33-18)34-12-2-4-13(5-3-12)41-22(29,30)31/h2-9,11H,10H2,1H3,(H2,32,33,34,35). The zero-order chi connectivity index (χ0) is 32.2. The lowest BCUT2D eigenvalue weighted by atomic mass is 10.3. The van der Waals surface area contributed by atoms with Crippen molar-refractivity contribution >= 4 is 39.0 Å². The minimum Gasteiger partial charge on any atom is -0.482 e. The lowest BCUT2D eigenvalue weighted by molar-refractivity contribution is -0.274. The third kappa shape index (κ3) is 9.77. The number of carbonyl (C=O) groups is 1. The van der Waals surface area contributed by atoms with Crippen LogP contribution in [0.2, 0.25) is 0 Å². The number of ether oxygens (including phenoxy) is 2. The van der Waals surface area contributed by atoms with E-state index in [9.17, 15) is 52.7 Å². The molecule has 0 amide bonds. The fourth-order valence-electron chi connectivity index (χ4n) is 2.94. The number of nitrogens with zero attached hydrogens (tertiary/aromatic N) is 3. The maximum absolute atomic E-state index is 12.8. The van der Waals surface area contributed by atoms with Crippen molar-refractivity contribution < 1.29 is 67.0 Å². The molecule has 0 radical (unpaired) electrons. The third-order valence-electron chi connectivity index (χ3n) is 4.71. The lowest BCUT2D eigenvalue weighted by Gasteiger charge is -2.19. The van der Waals surface area contributed by atoms with E-state index in [1.165, 1.54) is 12.1 Å². The van der Waals surface area contributed by atoms with Crippen LogP contribution < -0.4 is 20.1 Å². The summed E-state index contributed by atoms with van der Waals surface area (Å²) in [6.07, 6.45) is -14.3. The van der Waals surface area contributed by atoms with Crippen molar-refractivity contribution in [2.45, 2.75) is 23.6 Å². The Labute approximate surface area is 235 Å². The first-order valence-corrected chi connectivity index (χ1v) is 12.5. The first kappa shape index (κ1) is 33.0. The van der Waals surface area contributed by atoms with Gasteiger partial charge in [0.2, 0.25) is 0 Å². The summed E-state index contributed by atoms with van der Waals surface area (Å²) in [5, 5.41) is 5.20. The molecular weight excluding hydrogens is 633 g/mol. The van der Waals surface area contributed by atoms with Crippen LogP contribution in [0.5, 0.6) is 11.5 Å². The van der Waals surface area contributed by atoms with E-state index in [0.717, 1.165) is 30.6 Å². The van der Waals surface area contributed by atoms with Crippen LogP contribution in [0.3, 0.4) is 0 Å². The number of alkyl halides is 9. The van der Waals surface area contributed by atoms with Gasteiger partial charge in [-0.05, 0) is 46.9 Å². The molecule has 0 spiro atoms. The highest BCUT2D eigenvalue weighted by molar-refractivity contribution is 7.89. The van der Waals surface area contributed by atoms with E-state index in [4.69, 9.17) is 4.74 Å². The second-order valence-electron chi connectivity index (χ2n) is 7.96. The number of halogens is 9. The molecule has 3 rings (SSSR count). The van der Waals surface area contributed by atoms with Gasteiger partial charge in [-0.1, -0.05) is 0 Å². The Bertz CT molecular complexity index is 1550. The molecule has 1 aromatic heterocycles. The van der Waals surface area contributed by atoms with E-state index in [2.05, 4.69) is 30.2 Å². The van der Waals surface area contributed by atoms with Gasteiger partial charge in [0.25, 0.3) is 10.0 Å². The zero-order valence-electron chi connectivity index (χ0n) is 21.0. The van der Waals surface area contributed by atoms with Crippen LogP contribution in [0.25, 0.3) is 0 Å². The van der Waals surface area contributed by atoms with Crippen molar-refractivity contribution in [2.24, 2.45) is 0 Å². The monoisotopic (exact) mass is 649 g/mol. The maximum Gasteiger partial charge on any atom is 0.573 e. The molecule has 21 heteroatoms. The molecule has 0 aliphatic heterocycles. The molecule has 0 atom stereocenters. The molecule has 2 aromatic carbocycles. The van der Waals surface area contributed by atoms with E-state index in [0.29, 0.717) is 19.2 Å². The first-order valence-electron chi connectivity index (χ1n) is 11.1. The molecule has 0 aliphatic rings. The summed E-state index contributed by atoms with van der Waals surface area (Å²) >= 11 is 0. The van der Waals surface area contributed by atoms with Gasteiger partial charge >= 0.3 is 24.7 Å². The van der Waals surface area contributed by atoms with Crippen molar-refractivity contribution in [3.8, 4) is 11.5 Å². The van der Waals surface area contributed by atoms with E-state index >= 15 is 0 Å². The summed E-state index contributed by atoms with van der Waals surface area (Å²) < 4.78 is 146. The number of nitrogens with one attached hydrogen (secondary N) is 2. The van der Waals surface area contributed by atoms with Crippen LogP contribution in [-0.4, -0.2) is 61.2 Å². The predicted octanol–water partition coefficient (Wildman–Crippen LogP) is 5.44. The highest BCUT2D eigenvalue weighted by atomic mass is 32.2. The van der Waals surface area contributed by atoms with Gasteiger partial charge in [-0.2, -0.15) is 26.3 Å². The van der Waals surface area contributed by atoms with Gasteiger partial charge in [0.1, 0.15) is 29.5 Å². The fraction of sp³-hybridized carbons (Fsp3) is 0.227. The van der Waals surface area contributed by atoms with E-state index in [-0.39, 0.29) is 17.3 Å². The number of aromatic nitrogens is 2. The molecule has 0 saturated carbocycles. The first-order chi connectivity index (χ1) is 19.7. The molecule has 3 aromatic rings. The van der Waals surface area contributed by atoms with Gasteiger partial charge in [0.05, 0.1) is 10.6 Å². The predicted molar refractivity (Wildman–Crippen MR) is 127 cm³/mol. The molecule has 0 unspecified atom stereocenters. The van der Waals surface area contributed by atoms with Crippen molar-refractivity contribution in [1.29, 1.82) is 0 Å². The SMILES string of the molecule is CN(OC(=O)C(F)(F)F)S(=O)(=O)c1ccc(OCC(F)(F)F)c(Nc2cc(Nc3ccc(OC(F)(F)F)cc3)ncn2)c1. The molecule has 0 fully saturated rings. The molecule has 0 aliphatic carbocycles. The lowest BCUT2D eigenvalue weighted by Crippen LogP contribution is -2.36. The quantitative estimate of drug-likeness (QED) is 0.216. The maximum atomic E-state index is 12.8. The van der Waals surface area contributed by atoms with Crippen molar-refractivity contribution in [1.82, 2.24) is 14.4 Å². The highest BCUT2D eigenvalue weighted by Gasteiger charge is 2.44. The zero-order valence-corrected chi connectivity index (χ0v) is 21.8. The minimum atomic E-state index is -5.54. The molecule has 2 N–H and O–H groups in total. The third-order valence-corrected chi connectivity index (χ3v) is 6.31. The van der Waals surface area contributed by atoms with Gasteiger partial charge < -0.3 is 24.9 Å². The minimum absolute atomic E-state index is 0.00215. The molecular formula is C22H16F9N5O6S. The Morgan fingerprint density at radius 3 is 2.05 bits per heavy atom. The molecule has 0 saturated heterocycles. The van der Waals surface area contributed by atoms with Gasteiger partial charge in [-0.25, -0.2) is 23.2 Å². The number of sulfonamides is 1. The van der Waals surface area contributed by atoms with Crippen molar-refractivity contribution in [2.75, 3.05) is 24.3 Å². The molecule has 43 heavy (non-hydrogen) atoms. The second kappa shape index (κ2) is 12.4. The van der Waals surface area contributed by atoms with E-state index in [1.54, 1.807) is 0 Å². The number of carbonyl (C=O) groups excluding carboxylic acids is 1. The Kier molecular flexibility index (Phi) is 9.49. The van der Waals surface area contributed by atoms with Crippen LogP contribution in [-0.2, 0) is 19.7 Å². The number of benzene rings is 2. The van der Waals surface area contributed by atoms with Crippen LogP contribution in [0.15, 0.2) is 59.8 Å². The number of rotatable bonds is 10. The number of anilines is 4. The normalized spacial score (nSPS) is 12.5. The van der Waals surface area contributed by atoms with E-state index < -0.39 is 67.9 Å². The van der Waals surface area contributed by atoms with Crippen LogP contribution in [0.1, 0.15) is 0 Å². The van der Waals surface area contributed by atoms with Crippen molar-refractivity contribution in [3.63, 3.8) is 0 Å². The van der Waals surface area contributed by atoms with Gasteiger partial charge in [0, 0.05) is 18.8 Å². The summed E-state index contributed by atoms with van der Waals surface area (Å²) in [5.74, 6) is -4.12. The summed E-state index contributed by atoms with van der Waals surface area (Å²) in [7, 11) is -4.51. The Hall–Kier alpha value is -4.53. The summed E-state index contributed by atoms with van der Waals surface area (Å²) in [6, 6.07) is 7.67. The van der Waals surface area contributed by atoms with Gasteiger partial charge in [0.15, 0.2) is 6.61 Å². The van der Waals surface area contributed by atoms with Gasteiger partial charge in [-0.3, -0.25) is 0 Å². The summed E-state index contributed by atoms with van der Waals surface area (Å²) in [5.41, 5.74) is -0.253. The van der Waals surface area contributed by atoms with E-state index in [1.807, 2.05) is 0 Å². The summed E-state index contributed by atoms with van der Waals surface area (Å²) in [4.78, 5) is 21.8. The topological polar surface area (TPSA) is 132 Å². The molecule has 11 nitrogen and oxygen atoms in total. The van der Waals surface area contributed by atoms with Crippen LogP contribution in [0, 0.1) is 0 Å². The highest BCUT2D eigenvalue weighted by Crippen LogP contribution is 2.33. The molecule has 1 heterocycles. The summed E-state index contributed by atoms with van der Waals surface area (Å²) in [6.45, 7) is -1.82. The Morgan fingerprint density at radius 1 is 0.884 bits per heavy atom. The number of hydrogen-bond acceptors (Lipinski definition) is 10. The molecule has 234 valence electrons.